The Hall–Kier alpha value is -3.42. The summed E-state index contributed by atoms with van der Waals surface area (Å²) < 4.78 is 0. The topological polar surface area (TPSA) is 258 Å². The molecule has 0 aliphatic heterocycles. The maximum atomic E-state index is 12.2. The minimum atomic E-state index is -1.35. The number of carbonyl (C=O) groups excluding carboxylic acids is 4. The molecule has 0 aromatic carbocycles. The van der Waals surface area contributed by atoms with Crippen molar-refractivity contribution in [1.82, 2.24) is 16.0 Å². The molecule has 164 valence electrons. The molecule has 0 radical (unpaired) electrons. The van der Waals surface area contributed by atoms with Gasteiger partial charge in [-0.05, 0) is 19.8 Å². The summed E-state index contributed by atoms with van der Waals surface area (Å²) >= 11 is 0. The highest BCUT2D eigenvalue weighted by atomic mass is 16.4. The van der Waals surface area contributed by atoms with Gasteiger partial charge >= 0.3 is 5.97 Å². The van der Waals surface area contributed by atoms with E-state index in [2.05, 4.69) is 20.9 Å². The summed E-state index contributed by atoms with van der Waals surface area (Å²) in [5, 5.41) is 15.3. The lowest BCUT2D eigenvalue weighted by molar-refractivity contribution is -0.141. The number of primary amides is 1. The minimum Gasteiger partial charge on any atom is -0.480 e. The Labute approximate surface area is 166 Å². The number of carboxylic acids is 1. The molecule has 0 saturated carbocycles. The van der Waals surface area contributed by atoms with E-state index in [1.54, 1.807) is 0 Å². The molecule has 0 aliphatic rings. The Morgan fingerprint density at radius 3 is 2.17 bits per heavy atom. The predicted octanol–water partition coefficient (Wildman–Crippen LogP) is -4.57. The standard InChI is InChI=1S/C15H28N8O6/c1-7(14(28)29)22-11(25)6-21-13(27)9(5-10(17)24)23-12(26)8(16)3-2-4-20-15(18)19/h7-9H,2-6,16H2,1H3,(H2,17,24)(H,21,27)(H,22,25)(H,23,26)(H,28,29)(H4,18,19,20). The lowest BCUT2D eigenvalue weighted by Crippen LogP contribution is -2.54. The highest BCUT2D eigenvalue weighted by Crippen LogP contribution is 1.99. The average Bonchev–Trinajstić information content (AvgIpc) is 2.61. The molecule has 3 atom stereocenters. The van der Waals surface area contributed by atoms with Crippen molar-refractivity contribution in [3.05, 3.63) is 0 Å². The van der Waals surface area contributed by atoms with Gasteiger partial charge in [0.05, 0.1) is 19.0 Å². The minimum absolute atomic E-state index is 0.0944. The second-order valence-corrected chi connectivity index (χ2v) is 6.13. The number of rotatable bonds is 13. The van der Waals surface area contributed by atoms with Crippen LogP contribution in [0.1, 0.15) is 26.2 Å². The maximum absolute atomic E-state index is 12.2. The number of guanidine groups is 1. The number of hydrogen-bond donors (Lipinski definition) is 8. The Balaban J connectivity index is 4.69. The molecule has 4 amide bonds. The van der Waals surface area contributed by atoms with Crippen molar-refractivity contribution in [3.63, 3.8) is 0 Å². The van der Waals surface area contributed by atoms with Crippen molar-refractivity contribution in [2.45, 2.75) is 44.3 Å². The third kappa shape index (κ3) is 11.8. The summed E-state index contributed by atoms with van der Waals surface area (Å²) in [6.07, 6.45) is 0.0928. The quantitative estimate of drug-likeness (QED) is 0.0814. The van der Waals surface area contributed by atoms with E-state index in [1.165, 1.54) is 6.92 Å². The molecule has 0 bridgehead atoms. The fraction of sp³-hybridized carbons (Fsp3) is 0.600. The lowest BCUT2D eigenvalue weighted by atomic mass is 10.1. The fourth-order valence-corrected chi connectivity index (χ4v) is 1.98. The van der Waals surface area contributed by atoms with E-state index >= 15 is 0 Å². The number of carboxylic acid groups (broad SMARTS) is 1. The van der Waals surface area contributed by atoms with Crippen LogP contribution in [-0.4, -0.2) is 71.9 Å². The number of nitrogens with one attached hydrogen (secondary N) is 3. The number of carbonyl (C=O) groups is 5. The lowest BCUT2D eigenvalue weighted by Gasteiger charge is -2.19. The summed E-state index contributed by atoms with van der Waals surface area (Å²) in [5.74, 6) is -4.55. The van der Waals surface area contributed by atoms with Crippen LogP contribution in [0.2, 0.25) is 0 Å². The van der Waals surface area contributed by atoms with Crippen LogP contribution in [0.5, 0.6) is 0 Å². The fourth-order valence-electron chi connectivity index (χ4n) is 1.98. The van der Waals surface area contributed by atoms with Gasteiger partial charge in [0.1, 0.15) is 12.1 Å². The van der Waals surface area contributed by atoms with Crippen LogP contribution >= 0.6 is 0 Å². The summed E-state index contributed by atoms with van der Waals surface area (Å²) in [6.45, 7) is 0.942. The summed E-state index contributed by atoms with van der Waals surface area (Å²) in [5.41, 5.74) is 21.2. The van der Waals surface area contributed by atoms with Crippen LogP contribution in [0, 0.1) is 0 Å². The zero-order valence-corrected chi connectivity index (χ0v) is 16.0. The van der Waals surface area contributed by atoms with Gasteiger partial charge in [0.15, 0.2) is 5.96 Å². The van der Waals surface area contributed by atoms with Gasteiger partial charge in [0.25, 0.3) is 0 Å². The number of amides is 4. The Morgan fingerprint density at radius 1 is 1.03 bits per heavy atom. The molecule has 0 aliphatic carbocycles. The highest BCUT2D eigenvalue weighted by molar-refractivity contribution is 5.95. The van der Waals surface area contributed by atoms with Gasteiger partial charge in [0, 0.05) is 6.54 Å². The van der Waals surface area contributed by atoms with E-state index in [4.69, 9.17) is 28.0 Å². The van der Waals surface area contributed by atoms with Crippen molar-refractivity contribution in [2.75, 3.05) is 13.1 Å². The molecule has 12 N–H and O–H groups in total. The van der Waals surface area contributed by atoms with Gasteiger partial charge in [-0.2, -0.15) is 0 Å². The van der Waals surface area contributed by atoms with Crippen molar-refractivity contribution in [1.29, 1.82) is 0 Å². The predicted molar refractivity (Wildman–Crippen MR) is 102 cm³/mol. The monoisotopic (exact) mass is 416 g/mol. The number of hydrogen-bond acceptors (Lipinski definition) is 7. The smallest absolute Gasteiger partial charge is 0.325 e. The van der Waals surface area contributed by atoms with E-state index in [0.717, 1.165) is 0 Å². The summed E-state index contributed by atoms with van der Waals surface area (Å²) in [6, 6.07) is -3.50. The van der Waals surface area contributed by atoms with Crippen molar-refractivity contribution in [2.24, 2.45) is 27.9 Å². The third-order valence-corrected chi connectivity index (χ3v) is 3.51. The Kier molecular flexibility index (Phi) is 11.4. The second kappa shape index (κ2) is 12.9. The molecule has 0 heterocycles. The highest BCUT2D eigenvalue weighted by Gasteiger charge is 2.26. The van der Waals surface area contributed by atoms with E-state index in [9.17, 15) is 24.0 Å². The van der Waals surface area contributed by atoms with Gasteiger partial charge < -0.3 is 44.0 Å². The largest absolute Gasteiger partial charge is 0.480 e. The van der Waals surface area contributed by atoms with Crippen molar-refractivity contribution >= 4 is 35.6 Å². The molecule has 14 nitrogen and oxygen atoms in total. The van der Waals surface area contributed by atoms with Crippen LogP contribution in [0.3, 0.4) is 0 Å². The van der Waals surface area contributed by atoms with Crippen LogP contribution in [0.25, 0.3) is 0 Å². The first-order valence-corrected chi connectivity index (χ1v) is 8.63. The van der Waals surface area contributed by atoms with Gasteiger partial charge in [0.2, 0.25) is 23.6 Å². The van der Waals surface area contributed by atoms with Crippen molar-refractivity contribution in [3.8, 4) is 0 Å². The van der Waals surface area contributed by atoms with Crippen molar-refractivity contribution < 1.29 is 29.1 Å². The van der Waals surface area contributed by atoms with Crippen LogP contribution < -0.4 is 38.9 Å². The molecular formula is C15H28N8O6. The zero-order valence-electron chi connectivity index (χ0n) is 16.0. The second-order valence-electron chi connectivity index (χ2n) is 6.13. The first kappa shape index (κ1) is 25.6. The van der Waals surface area contributed by atoms with Crippen LogP contribution in [0.4, 0.5) is 0 Å². The zero-order chi connectivity index (χ0) is 22.6. The molecule has 0 aromatic rings. The molecule has 14 heteroatoms. The van der Waals surface area contributed by atoms with Gasteiger partial charge in [-0.15, -0.1) is 0 Å². The molecule has 0 rings (SSSR count). The van der Waals surface area contributed by atoms with E-state index < -0.39 is 60.7 Å². The summed E-state index contributed by atoms with van der Waals surface area (Å²) in [4.78, 5) is 61.5. The average molecular weight is 416 g/mol. The normalized spacial score (nSPS) is 13.3. The number of nitrogens with two attached hydrogens (primary N) is 4. The summed E-state index contributed by atoms with van der Waals surface area (Å²) in [7, 11) is 0. The SMILES string of the molecule is CC(NC(=O)CNC(=O)C(CC(N)=O)NC(=O)C(N)CCCN=C(N)N)C(=O)O. The number of aliphatic carboxylic acids is 1. The Morgan fingerprint density at radius 2 is 1.66 bits per heavy atom. The molecular weight excluding hydrogens is 388 g/mol. The molecule has 0 aromatic heterocycles. The Bertz CT molecular complexity index is 649. The van der Waals surface area contributed by atoms with Crippen LogP contribution in [0.15, 0.2) is 4.99 Å². The third-order valence-electron chi connectivity index (χ3n) is 3.51. The first-order chi connectivity index (χ1) is 13.4. The van der Waals surface area contributed by atoms with Gasteiger partial charge in [-0.1, -0.05) is 0 Å². The van der Waals surface area contributed by atoms with E-state index in [0.29, 0.717) is 6.42 Å². The van der Waals surface area contributed by atoms with Gasteiger partial charge in [-0.3, -0.25) is 29.0 Å². The van der Waals surface area contributed by atoms with Gasteiger partial charge in [-0.25, -0.2) is 0 Å². The molecule has 0 saturated heterocycles. The number of nitrogens with zero attached hydrogens (tertiary/aromatic N) is 1. The van der Waals surface area contributed by atoms with E-state index in [-0.39, 0.29) is 18.9 Å². The number of aliphatic imine (C=N–C) groups is 1. The molecule has 0 spiro atoms. The first-order valence-electron chi connectivity index (χ1n) is 8.63. The molecule has 29 heavy (non-hydrogen) atoms. The maximum Gasteiger partial charge on any atom is 0.325 e. The van der Waals surface area contributed by atoms with Crippen LogP contribution in [-0.2, 0) is 24.0 Å². The van der Waals surface area contributed by atoms with E-state index in [1.807, 2.05) is 0 Å². The molecule has 3 unspecified atom stereocenters. The molecule has 0 fully saturated rings.